The van der Waals surface area contributed by atoms with Crippen LogP contribution >= 0.6 is 0 Å². The van der Waals surface area contributed by atoms with Crippen LogP contribution in [0.2, 0.25) is 0 Å². The van der Waals surface area contributed by atoms with Gasteiger partial charge in [-0.3, -0.25) is 9.97 Å². The first kappa shape index (κ1) is 28.4. The lowest BCUT2D eigenvalue weighted by atomic mass is 9.67. The van der Waals surface area contributed by atoms with E-state index in [1.165, 1.54) is 55.6 Å². The molecule has 3 heteroatoms. The van der Waals surface area contributed by atoms with E-state index in [2.05, 4.69) is 174 Å². The van der Waals surface area contributed by atoms with Crippen molar-refractivity contribution in [2.45, 2.75) is 5.41 Å². The molecule has 1 aliphatic heterocycles. The highest BCUT2D eigenvalue weighted by Gasteiger charge is 2.47. The van der Waals surface area contributed by atoms with E-state index >= 15 is 0 Å². The Balaban J connectivity index is 1.33. The number of hydrogen-bond donors (Lipinski definition) is 0. The van der Waals surface area contributed by atoms with E-state index in [4.69, 9.17) is 4.98 Å². The Morgan fingerprint density at radius 2 is 1.06 bits per heavy atom. The van der Waals surface area contributed by atoms with E-state index in [0.29, 0.717) is 0 Å². The number of anilines is 3. The molecule has 8 aromatic rings. The third-order valence-corrected chi connectivity index (χ3v) is 10.4. The lowest BCUT2D eigenvalue weighted by Gasteiger charge is -2.34. The molecular formula is C47H31N3. The van der Waals surface area contributed by atoms with Crippen LogP contribution in [0.1, 0.15) is 22.3 Å². The summed E-state index contributed by atoms with van der Waals surface area (Å²) in [5.74, 6) is 0. The van der Waals surface area contributed by atoms with Crippen molar-refractivity contribution in [1.82, 2.24) is 9.97 Å². The number of hydrogen-bond acceptors (Lipinski definition) is 3. The topological polar surface area (TPSA) is 29.0 Å². The van der Waals surface area contributed by atoms with Gasteiger partial charge in [-0.05, 0) is 87.0 Å². The van der Waals surface area contributed by atoms with Crippen LogP contribution in [-0.4, -0.2) is 9.97 Å². The molecule has 50 heavy (non-hydrogen) atoms. The molecule has 0 spiro atoms. The summed E-state index contributed by atoms with van der Waals surface area (Å²) in [4.78, 5) is 11.6. The first-order valence-electron chi connectivity index (χ1n) is 17.1. The van der Waals surface area contributed by atoms with Gasteiger partial charge >= 0.3 is 0 Å². The van der Waals surface area contributed by atoms with Crippen molar-refractivity contribution < 1.29 is 0 Å². The van der Waals surface area contributed by atoms with Crippen molar-refractivity contribution in [2.75, 3.05) is 4.90 Å². The van der Waals surface area contributed by atoms with Gasteiger partial charge in [-0.2, -0.15) is 0 Å². The molecule has 10 rings (SSSR count). The lowest BCUT2D eigenvalue weighted by Crippen LogP contribution is -2.28. The van der Waals surface area contributed by atoms with Gasteiger partial charge in [-0.15, -0.1) is 0 Å². The molecule has 0 bridgehead atoms. The standard InChI is InChI=1S/C47H31N3/c1-3-15-33(16-4-1)47(34-17-5-2-6-18-34)42-23-11-9-21-38(42)40-30-46-41(29-43(40)47)37-20-8-7-19-36(37)39-22-10-12-24-45(39)50(46)35-25-27-49-44(28-35)32-14-13-26-48-31-32/h1-31H. The fourth-order valence-electron chi connectivity index (χ4n) is 8.36. The summed E-state index contributed by atoms with van der Waals surface area (Å²) in [7, 11) is 0. The second-order valence-electron chi connectivity index (χ2n) is 13.0. The highest BCUT2D eigenvalue weighted by atomic mass is 15.2. The molecule has 3 heterocycles. The minimum Gasteiger partial charge on any atom is -0.309 e. The summed E-state index contributed by atoms with van der Waals surface area (Å²) in [6.07, 6.45) is 5.59. The predicted molar refractivity (Wildman–Crippen MR) is 204 cm³/mol. The average Bonchev–Trinajstić information content (AvgIpc) is 3.42. The molecule has 0 unspecified atom stereocenters. The number of para-hydroxylation sites is 1. The number of fused-ring (bicyclic) bond motifs is 8. The first-order valence-corrected chi connectivity index (χ1v) is 17.1. The molecule has 0 fully saturated rings. The van der Waals surface area contributed by atoms with Crippen LogP contribution in [0.5, 0.6) is 0 Å². The largest absolute Gasteiger partial charge is 0.309 e. The Kier molecular flexibility index (Phi) is 6.40. The van der Waals surface area contributed by atoms with Gasteiger partial charge in [0.1, 0.15) is 0 Å². The van der Waals surface area contributed by atoms with Gasteiger partial charge in [-0.1, -0.05) is 127 Å². The van der Waals surface area contributed by atoms with E-state index in [0.717, 1.165) is 28.3 Å². The molecule has 1 aliphatic carbocycles. The van der Waals surface area contributed by atoms with Crippen molar-refractivity contribution in [3.8, 4) is 44.6 Å². The molecular weight excluding hydrogens is 607 g/mol. The van der Waals surface area contributed by atoms with Gasteiger partial charge < -0.3 is 4.90 Å². The zero-order valence-electron chi connectivity index (χ0n) is 27.2. The SMILES string of the molecule is c1ccc(C2(c3ccccc3)c3ccccc3-c3cc4c(cc32)-c2ccccc2-c2ccccc2N4c2ccnc(-c3cccnc3)c2)cc1. The molecule has 6 aromatic carbocycles. The zero-order valence-corrected chi connectivity index (χ0v) is 27.2. The van der Waals surface area contributed by atoms with Gasteiger partial charge in [0.05, 0.1) is 22.5 Å². The molecule has 0 N–H and O–H groups in total. The van der Waals surface area contributed by atoms with Crippen LogP contribution in [0.15, 0.2) is 188 Å². The van der Waals surface area contributed by atoms with Crippen LogP contribution in [0.4, 0.5) is 17.1 Å². The Bertz CT molecular complexity index is 2500. The molecule has 0 radical (unpaired) electrons. The predicted octanol–water partition coefficient (Wildman–Crippen LogP) is 11.6. The Morgan fingerprint density at radius 1 is 0.420 bits per heavy atom. The number of nitrogens with zero attached hydrogens (tertiary/aromatic N) is 3. The van der Waals surface area contributed by atoms with Gasteiger partial charge in [0.25, 0.3) is 0 Å². The highest BCUT2D eigenvalue weighted by Crippen LogP contribution is 2.60. The van der Waals surface area contributed by atoms with Gasteiger partial charge in [0.15, 0.2) is 0 Å². The number of benzene rings is 6. The van der Waals surface area contributed by atoms with Crippen molar-refractivity contribution in [2.24, 2.45) is 0 Å². The quantitative estimate of drug-likeness (QED) is 0.192. The lowest BCUT2D eigenvalue weighted by molar-refractivity contribution is 0.769. The molecule has 2 aliphatic rings. The Labute approximate surface area is 291 Å². The van der Waals surface area contributed by atoms with E-state index in [1.54, 1.807) is 6.20 Å². The van der Waals surface area contributed by atoms with Crippen molar-refractivity contribution in [3.05, 3.63) is 211 Å². The van der Waals surface area contributed by atoms with Crippen LogP contribution in [0, 0.1) is 0 Å². The average molecular weight is 638 g/mol. The normalized spacial score (nSPS) is 13.3. The molecule has 3 nitrogen and oxygen atoms in total. The zero-order chi connectivity index (χ0) is 33.1. The summed E-state index contributed by atoms with van der Waals surface area (Å²) >= 11 is 0. The maximum atomic E-state index is 4.79. The number of aromatic nitrogens is 2. The van der Waals surface area contributed by atoms with Gasteiger partial charge in [0.2, 0.25) is 0 Å². The molecule has 0 atom stereocenters. The maximum absolute atomic E-state index is 4.79. The van der Waals surface area contributed by atoms with E-state index < -0.39 is 5.41 Å². The molecule has 0 saturated carbocycles. The van der Waals surface area contributed by atoms with Crippen molar-refractivity contribution in [3.63, 3.8) is 0 Å². The summed E-state index contributed by atoms with van der Waals surface area (Å²) in [6.45, 7) is 0. The summed E-state index contributed by atoms with van der Waals surface area (Å²) in [5.41, 5.74) is 17.1. The van der Waals surface area contributed by atoms with E-state index in [9.17, 15) is 0 Å². The second-order valence-corrected chi connectivity index (χ2v) is 13.0. The second kappa shape index (κ2) is 11.3. The highest BCUT2D eigenvalue weighted by molar-refractivity contribution is 6.05. The third-order valence-electron chi connectivity index (χ3n) is 10.4. The van der Waals surface area contributed by atoms with Gasteiger partial charge in [-0.25, -0.2) is 0 Å². The summed E-state index contributed by atoms with van der Waals surface area (Å²) < 4.78 is 0. The van der Waals surface area contributed by atoms with E-state index in [-0.39, 0.29) is 0 Å². The number of pyridine rings is 2. The third kappa shape index (κ3) is 4.10. The molecule has 0 amide bonds. The van der Waals surface area contributed by atoms with E-state index in [1.807, 2.05) is 18.5 Å². The Hall–Kier alpha value is -6.58. The number of rotatable bonds is 4. The first-order chi connectivity index (χ1) is 24.8. The smallest absolute Gasteiger partial charge is 0.0738 e. The molecule has 2 aromatic heterocycles. The minimum atomic E-state index is -0.494. The van der Waals surface area contributed by atoms with Crippen LogP contribution in [0.3, 0.4) is 0 Å². The monoisotopic (exact) mass is 637 g/mol. The summed E-state index contributed by atoms with van der Waals surface area (Å²) in [5, 5.41) is 0. The van der Waals surface area contributed by atoms with Crippen LogP contribution < -0.4 is 4.90 Å². The molecule has 0 saturated heterocycles. The fraction of sp³-hybridized carbons (Fsp3) is 0.0213. The van der Waals surface area contributed by atoms with Gasteiger partial charge in [0, 0.05) is 41.0 Å². The minimum absolute atomic E-state index is 0.494. The summed E-state index contributed by atoms with van der Waals surface area (Å²) in [6, 6.07) is 61.9. The Morgan fingerprint density at radius 3 is 1.78 bits per heavy atom. The van der Waals surface area contributed by atoms with Crippen molar-refractivity contribution in [1.29, 1.82) is 0 Å². The van der Waals surface area contributed by atoms with Crippen molar-refractivity contribution >= 4 is 17.1 Å². The maximum Gasteiger partial charge on any atom is 0.0738 e. The van der Waals surface area contributed by atoms with Crippen LogP contribution in [0.25, 0.3) is 44.6 Å². The van der Waals surface area contributed by atoms with Crippen LogP contribution in [-0.2, 0) is 5.41 Å². The fourth-order valence-corrected chi connectivity index (χ4v) is 8.36. The molecule has 234 valence electrons.